The maximum absolute atomic E-state index is 11.7. The molecule has 0 unspecified atom stereocenters. The number of aryl methyl sites for hydroxylation is 1. The second-order valence-corrected chi connectivity index (χ2v) is 6.17. The Balaban J connectivity index is 2.82. The van der Waals surface area contributed by atoms with Crippen LogP contribution in [0.4, 0.5) is 0 Å². The summed E-state index contributed by atoms with van der Waals surface area (Å²) in [5.41, 5.74) is 1.85. The molecule has 0 heterocycles. The van der Waals surface area contributed by atoms with Gasteiger partial charge in [0.2, 0.25) is 0 Å². The van der Waals surface area contributed by atoms with Gasteiger partial charge < -0.3 is 10.1 Å². The largest absolute Gasteiger partial charge is 0.468 e. The van der Waals surface area contributed by atoms with E-state index in [1.165, 1.54) is 18.2 Å². The van der Waals surface area contributed by atoms with Crippen LogP contribution in [0.5, 0.6) is 0 Å². The van der Waals surface area contributed by atoms with Gasteiger partial charge in [-0.1, -0.05) is 38.1 Å². The maximum atomic E-state index is 11.7. The summed E-state index contributed by atoms with van der Waals surface area (Å²) in [4.78, 5) is 11.7. The van der Waals surface area contributed by atoms with Crippen LogP contribution in [0.3, 0.4) is 0 Å². The van der Waals surface area contributed by atoms with Crippen LogP contribution in [0.2, 0.25) is 0 Å². The molecular formula is C16H25NO2. The molecule has 0 aliphatic heterocycles. The summed E-state index contributed by atoms with van der Waals surface area (Å²) >= 11 is 0. The summed E-state index contributed by atoms with van der Waals surface area (Å²) in [5.74, 6) is -0.243. The molecule has 0 radical (unpaired) electrons. The molecule has 1 N–H and O–H groups in total. The van der Waals surface area contributed by atoms with Crippen molar-refractivity contribution in [3.05, 3.63) is 35.4 Å². The number of ether oxygens (including phenoxy) is 1. The van der Waals surface area contributed by atoms with Crippen LogP contribution >= 0.6 is 0 Å². The molecule has 106 valence electrons. The monoisotopic (exact) mass is 263 g/mol. The summed E-state index contributed by atoms with van der Waals surface area (Å²) in [7, 11) is 1.41. The summed E-state index contributed by atoms with van der Waals surface area (Å²) < 4.78 is 4.81. The highest BCUT2D eigenvalue weighted by atomic mass is 16.5. The van der Waals surface area contributed by atoms with Crippen LogP contribution in [-0.4, -0.2) is 25.2 Å². The van der Waals surface area contributed by atoms with Gasteiger partial charge in [0.15, 0.2) is 0 Å². The average Bonchev–Trinajstić information content (AvgIpc) is 2.36. The number of carbonyl (C=O) groups is 1. The van der Waals surface area contributed by atoms with Gasteiger partial charge in [-0.05, 0) is 31.9 Å². The topological polar surface area (TPSA) is 38.3 Å². The molecule has 0 aliphatic carbocycles. The lowest BCUT2D eigenvalue weighted by Crippen LogP contribution is -2.51. The van der Waals surface area contributed by atoms with E-state index >= 15 is 0 Å². The number of rotatable bonds is 5. The Labute approximate surface area is 116 Å². The first kappa shape index (κ1) is 15.7. The van der Waals surface area contributed by atoms with Gasteiger partial charge in [-0.15, -0.1) is 0 Å². The Morgan fingerprint density at radius 2 is 1.79 bits per heavy atom. The van der Waals surface area contributed by atoms with Crippen LogP contribution in [-0.2, 0) is 14.9 Å². The predicted octanol–water partition coefficient (Wildman–Crippen LogP) is 2.81. The van der Waals surface area contributed by atoms with Crippen molar-refractivity contribution in [1.29, 1.82) is 0 Å². The number of benzene rings is 1. The van der Waals surface area contributed by atoms with Crippen LogP contribution in [0.25, 0.3) is 0 Å². The second kappa shape index (κ2) is 5.74. The highest BCUT2D eigenvalue weighted by Crippen LogP contribution is 2.26. The summed E-state index contributed by atoms with van der Waals surface area (Å²) in [6, 6.07) is 8.35. The van der Waals surface area contributed by atoms with Crippen molar-refractivity contribution in [2.45, 2.75) is 45.6 Å². The van der Waals surface area contributed by atoms with E-state index in [2.05, 4.69) is 44.3 Å². The van der Waals surface area contributed by atoms with Crippen LogP contribution in [0.15, 0.2) is 24.3 Å². The van der Waals surface area contributed by atoms with E-state index in [-0.39, 0.29) is 11.4 Å². The van der Waals surface area contributed by atoms with Gasteiger partial charge in [-0.25, -0.2) is 0 Å². The van der Waals surface area contributed by atoms with Crippen molar-refractivity contribution in [3.8, 4) is 0 Å². The molecule has 0 atom stereocenters. The summed E-state index contributed by atoms with van der Waals surface area (Å²) in [5, 5.41) is 3.30. The smallest absolute Gasteiger partial charge is 0.325 e. The fraction of sp³-hybridized carbons (Fsp3) is 0.562. The van der Waals surface area contributed by atoms with Crippen molar-refractivity contribution in [1.82, 2.24) is 5.32 Å². The molecule has 0 bridgehead atoms. The fourth-order valence-corrected chi connectivity index (χ4v) is 2.20. The van der Waals surface area contributed by atoms with Gasteiger partial charge in [0, 0.05) is 12.0 Å². The van der Waals surface area contributed by atoms with E-state index in [0.29, 0.717) is 6.54 Å². The Morgan fingerprint density at radius 3 is 2.32 bits per heavy atom. The fourth-order valence-electron chi connectivity index (χ4n) is 2.20. The molecule has 0 aromatic heterocycles. The number of methoxy groups -OCH3 is 1. The van der Waals surface area contributed by atoms with Crippen molar-refractivity contribution in [2.24, 2.45) is 0 Å². The van der Waals surface area contributed by atoms with Gasteiger partial charge in [0.1, 0.15) is 5.54 Å². The minimum Gasteiger partial charge on any atom is -0.468 e. The normalized spacial score (nSPS) is 12.3. The van der Waals surface area contributed by atoms with Crippen molar-refractivity contribution < 1.29 is 9.53 Å². The maximum Gasteiger partial charge on any atom is 0.325 e. The first-order chi connectivity index (χ1) is 8.70. The molecule has 0 spiro atoms. The van der Waals surface area contributed by atoms with E-state index in [1.807, 2.05) is 19.9 Å². The minimum absolute atomic E-state index is 0.0450. The third-order valence-electron chi connectivity index (χ3n) is 3.54. The Morgan fingerprint density at radius 1 is 1.21 bits per heavy atom. The van der Waals surface area contributed by atoms with Crippen LogP contribution < -0.4 is 5.32 Å². The average molecular weight is 263 g/mol. The molecule has 19 heavy (non-hydrogen) atoms. The zero-order valence-electron chi connectivity index (χ0n) is 12.8. The SMILES string of the molecule is COC(=O)C(C)(C)NCC(C)(C)c1ccccc1C. The summed E-state index contributed by atoms with van der Waals surface area (Å²) in [6.07, 6.45) is 0. The molecular weight excluding hydrogens is 238 g/mol. The zero-order chi connectivity index (χ0) is 14.7. The van der Waals surface area contributed by atoms with E-state index in [4.69, 9.17) is 4.74 Å². The minimum atomic E-state index is -0.672. The van der Waals surface area contributed by atoms with Gasteiger partial charge in [-0.2, -0.15) is 0 Å². The third-order valence-corrected chi connectivity index (χ3v) is 3.54. The number of esters is 1. The number of hydrogen-bond donors (Lipinski definition) is 1. The second-order valence-electron chi connectivity index (χ2n) is 6.17. The van der Waals surface area contributed by atoms with Crippen molar-refractivity contribution in [2.75, 3.05) is 13.7 Å². The third kappa shape index (κ3) is 3.80. The standard InChI is InChI=1S/C16H25NO2/c1-12-9-7-8-10-13(12)15(2,3)11-17-16(4,5)14(18)19-6/h7-10,17H,11H2,1-6H3. The lowest BCUT2D eigenvalue weighted by Gasteiger charge is -2.32. The molecule has 0 saturated carbocycles. The molecule has 1 aromatic carbocycles. The van der Waals surface area contributed by atoms with Crippen LogP contribution in [0.1, 0.15) is 38.8 Å². The molecule has 1 aromatic rings. The number of nitrogens with one attached hydrogen (secondary N) is 1. The zero-order valence-corrected chi connectivity index (χ0v) is 12.8. The Kier molecular flexibility index (Phi) is 4.75. The number of carbonyl (C=O) groups excluding carboxylic acids is 1. The first-order valence-corrected chi connectivity index (χ1v) is 6.60. The molecule has 3 heteroatoms. The molecule has 0 aliphatic rings. The molecule has 0 fully saturated rings. The van der Waals surface area contributed by atoms with Crippen LogP contribution in [0, 0.1) is 6.92 Å². The molecule has 0 saturated heterocycles. The lowest BCUT2D eigenvalue weighted by molar-refractivity contribution is -0.147. The van der Waals surface area contributed by atoms with E-state index in [0.717, 1.165) is 0 Å². The Bertz CT molecular complexity index is 450. The summed E-state index contributed by atoms with van der Waals surface area (Å²) in [6.45, 7) is 10.9. The predicted molar refractivity (Wildman–Crippen MR) is 78.3 cm³/mol. The lowest BCUT2D eigenvalue weighted by atomic mass is 9.81. The van der Waals surface area contributed by atoms with Gasteiger partial charge in [-0.3, -0.25) is 4.79 Å². The highest BCUT2D eigenvalue weighted by molar-refractivity contribution is 5.79. The van der Waals surface area contributed by atoms with E-state index < -0.39 is 5.54 Å². The van der Waals surface area contributed by atoms with Gasteiger partial charge in [0.25, 0.3) is 0 Å². The van der Waals surface area contributed by atoms with Gasteiger partial charge >= 0.3 is 5.97 Å². The van der Waals surface area contributed by atoms with Gasteiger partial charge in [0.05, 0.1) is 7.11 Å². The molecule has 3 nitrogen and oxygen atoms in total. The number of hydrogen-bond acceptors (Lipinski definition) is 3. The Hall–Kier alpha value is -1.35. The van der Waals surface area contributed by atoms with E-state index in [1.54, 1.807) is 0 Å². The molecule has 0 amide bonds. The van der Waals surface area contributed by atoms with Crippen molar-refractivity contribution >= 4 is 5.97 Å². The molecule has 1 rings (SSSR count). The van der Waals surface area contributed by atoms with E-state index in [9.17, 15) is 4.79 Å². The highest BCUT2D eigenvalue weighted by Gasteiger charge is 2.31. The first-order valence-electron chi connectivity index (χ1n) is 6.60. The van der Waals surface area contributed by atoms with Crippen molar-refractivity contribution in [3.63, 3.8) is 0 Å². The quantitative estimate of drug-likeness (QED) is 0.830.